The molecule has 0 saturated carbocycles. The van der Waals surface area contributed by atoms with Crippen LogP contribution in [0.2, 0.25) is 0 Å². The van der Waals surface area contributed by atoms with E-state index in [-0.39, 0.29) is 6.61 Å². The Balaban J connectivity index is 3.90. The number of unbranched alkanes of at least 4 members (excludes halogenated alkanes) is 3. The van der Waals surface area contributed by atoms with Gasteiger partial charge < -0.3 is 9.84 Å². The van der Waals surface area contributed by atoms with E-state index >= 15 is 0 Å². The van der Waals surface area contributed by atoms with E-state index in [0.29, 0.717) is 13.0 Å². The second kappa shape index (κ2) is 8.43. The van der Waals surface area contributed by atoms with Crippen LogP contribution in [0.1, 0.15) is 32.6 Å². The summed E-state index contributed by atoms with van der Waals surface area (Å²) in [5, 5.41) is 7.36. The highest BCUT2D eigenvalue weighted by molar-refractivity contribution is 7.90. The molecule has 0 heterocycles. The van der Waals surface area contributed by atoms with Crippen molar-refractivity contribution in [3.05, 3.63) is 0 Å². The fraction of sp³-hybridized carbons (Fsp3) is 0.900. The third kappa shape index (κ3) is 6.60. The average Bonchev–Trinajstić information content (AvgIpc) is 2.31. The molecule has 0 amide bonds. The van der Waals surface area contributed by atoms with Crippen LogP contribution in [0.15, 0.2) is 0 Å². The van der Waals surface area contributed by atoms with Gasteiger partial charge in [0.25, 0.3) is 0 Å². The quantitative estimate of drug-likeness (QED) is 0.454. The van der Waals surface area contributed by atoms with Crippen LogP contribution in [0.5, 0.6) is 0 Å². The Labute approximate surface area is 102 Å². The first kappa shape index (κ1) is 16.3. The van der Waals surface area contributed by atoms with Crippen LogP contribution in [-0.4, -0.2) is 45.0 Å². The first-order valence-electron chi connectivity index (χ1n) is 5.63. The van der Waals surface area contributed by atoms with Gasteiger partial charge >= 0.3 is 5.97 Å². The molecule has 6 nitrogen and oxygen atoms in total. The summed E-state index contributed by atoms with van der Waals surface area (Å²) in [7, 11) is -2.48. The number of rotatable bonds is 9. The monoisotopic (exact) mass is 267 g/mol. The van der Waals surface area contributed by atoms with Crippen molar-refractivity contribution in [2.75, 3.05) is 20.3 Å². The van der Waals surface area contributed by atoms with Gasteiger partial charge in [0.05, 0.1) is 7.11 Å². The van der Waals surface area contributed by atoms with Crippen molar-refractivity contribution < 1.29 is 23.1 Å². The van der Waals surface area contributed by atoms with Crippen LogP contribution >= 0.6 is 0 Å². The van der Waals surface area contributed by atoms with Crippen LogP contribution in [-0.2, 0) is 19.6 Å². The largest absolute Gasteiger partial charge is 0.468 e. The number of carbonyl (C=O) groups is 1. The Hall–Kier alpha value is -0.660. The van der Waals surface area contributed by atoms with Crippen molar-refractivity contribution in [3.63, 3.8) is 0 Å². The number of aliphatic hydroxyl groups excluding tert-OH is 1. The van der Waals surface area contributed by atoms with E-state index in [1.54, 1.807) is 0 Å². The van der Waals surface area contributed by atoms with E-state index in [1.165, 1.54) is 6.92 Å². The average molecular weight is 267 g/mol. The number of nitrogens with one attached hydrogen (secondary N) is 1. The number of sulfonamides is 1. The lowest BCUT2D eigenvalue weighted by molar-refractivity contribution is -0.139. The van der Waals surface area contributed by atoms with E-state index in [2.05, 4.69) is 9.46 Å². The van der Waals surface area contributed by atoms with E-state index in [0.717, 1.165) is 26.4 Å². The lowest BCUT2D eigenvalue weighted by atomic mass is 10.2. The maximum absolute atomic E-state index is 11.6. The van der Waals surface area contributed by atoms with Crippen LogP contribution in [0.25, 0.3) is 0 Å². The molecule has 2 N–H and O–H groups in total. The van der Waals surface area contributed by atoms with Gasteiger partial charge in [0.1, 0.15) is 0 Å². The molecule has 0 aromatic rings. The minimum absolute atomic E-state index is 0.158. The molecule has 0 radical (unpaired) electrons. The van der Waals surface area contributed by atoms with Crippen LogP contribution < -0.4 is 4.72 Å². The maximum atomic E-state index is 11.6. The maximum Gasteiger partial charge on any atom is 0.325 e. The van der Waals surface area contributed by atoms with Crippen molar-refractivity contribution in [2.24, 2.45) is 0 Å². The molecule has 0 aliphatic heterocycles. The Morgan fingerprint density at radius 2 is 1.88 bits per heavy atom. The number of hydrogen-bond donors (Lipinski definition) is 2. The van der Waals surface area contributed by atoms with E-state index in [1.807, 2.05) is 0 Å². The third-order valence-corrected chi connectivity index (χ3v) is 4.12. The number of aliphatic hydroxyl groups is 1. The topological polar surface area (TPSA) is 92.7 Å². The summed E-state index contributed by atoms with van der Waals surface area (Å²) >= 11 is 0. The molecule has 7 heteroatoms. The highest BCUT2D eigenvalue weighted by atomic mass is 32.2. The predicted molar refractivity (Wildman–Crippen MR) is 64.0 cm³/mol. The molecule has 0 rings (SSSR count). The summed E-state index contributed by atoms with van der Waals surface area (Å²) in [4.78, 5) is 11.1. The molecule has 0 bridgehead atoms. The molecule has 0 fully saturated rings. The Kier molecular flexibility index (Phi) is 8.11. The van der Waals surface area contributed by atoms with E-state index < -0.39 is 21.2 Å². The molecule has 17 heavy (non-hydrogen) atoms. The zero-order valence-electron chi connectivity index (χ0n) is 10.3. The van der Waals surface area contributed by atoms with Gasteiger partial charge in [-0.1, -0.05) is 12.8 Å². The summed E-state index contributed by atoms with van der Waals surface area (Å²) in [5.41, 5.74) is 0. The van der Waals surface area contributed by atoms with Crippen molar-refractivity contribution in [2.45, 2.75) is 37.9 Å². The normalized spacial score (nSPS) is 13.4. The van der Waals surface area contributed by atoms with Gasteiger partial charge in [-0.3, -0.25) is 4.79 Å². The summed E-state index contributed by atoms with van der Waals surface area (Å²) in [6.07, 6.45) is 3.12. The highest BCUT2D eigenvalue weighted by Gasteiger charge is 2.27. The summed E-state index contributed by atoms with van der Waals surface area (Å²) in [5.74, 6) is -0.766. The summed E-state index contributed by atoms with van der Waals surface area (Å²) in [6, 6.07) is 0. The molecular weight excluding hydrogens is 246 g/mol. The number of carbonyl (C=O) groups excluding carboxylic acids is 1. The molecule has 0 saturated heterocycles. The molecule has 0 aromatic carbocycles. The molecule has 1 unspecified atom stereocenters. The first-order chi connectivity index (χ1) is 7.95. The lowest BCUT2D eigenvalue weighted by Crippen LogP contribution is -2.38. The van der Waals surface area contributed by atoms with Crippen molar-refractivity contribution in [1.82, 2.24) is 4.72 Å². The van der Waals surface area contributed by atoms with Crippen molar-refractivity contribution >= 4 is 16.0 Å². The summed E-state index contributed by atoms with van der Waals surface area (Å²) < 4.78 is 29.9. The molecule has 0 aliphatic rings. The van der Waals surface area contributed by atoms with E-state index in [9.17, 15) is 13.2 Å². The fourth-order valence-corrected chi connectivity index (χ4v) is 2.25. The number of hydrogen-bond acceptors (Lipinski definition) is 5. The second-order valence-corrected chi connectivity index (χ2v) is 5.83. The molecular formula is C10H21NO5S. The fourth-order valence-electron chi connectivity index (χ4n) is 1.22. The predicted octanol–water partition coefficient (Wildman–Crippen LogP) is 0.0200. The van der Waals surface area contributed by atoms with Crippen LogP contribution in [0.4, 0.5) is 0 Å². The Bertz CT molecular complexity index is 315. The minimum Gasteiger partial charge on any atom is -0.468 e. The molecule has 0 aromatic heterocycles. The van der Waals surface area contributed by atoms with Gasteiger partial charge in [-0.2, -0.15) is 0 Å². The zero-order chi connectivity index (χ0) is 13.3. The zero-order valence-corrected chi connectivity index (χ0v) is 11.1. The lowest BCUT2D eigenvalue weighted by Gasteiger charge is -2.11. The van der Waals surface area contributed by atoms with Gasteiger partial charge in [0.15, 0.2) is 5.25 Å². The Morgan fingerprint density at radius 3 is 2.41 bits per heavy atom. The standard InChI is InChI=1S/C10H21NO5S/c1-9(10(13)16-2)17(14,15)11-7-5-3-4-6-8-12/h9,11-12H,3-8H2,1-2H3. The minimum atomic E-state index is -3.64. The number of ether oxygens (including phenoxy) is 1. The van der Waals surface area contributed by atoms with Crippen molar-refractivity contribution in [1.29, 1.82) is 0 Å². The number of methoxy groups -OCH3 is 1. The first-order valence-corrected chi connectivity index (χ1v) is 7.17. The van der Waals surface area contributed by atoms with Crippen molar-refractivity contribution in [3.8, 4) is 0 Å². The smallest absolute Gasteiger partial charge is 0.325 e. The van der Waals surface area contributed by atoms with Gasteiger partial charge in [0.2, 0.25) is 10.0 Å². The van der Waals surface area contributed by atoms with Gasteiger partial charge in [-0.25, -0.2) is 13.1 Å². The van der Waals surface area contributed by atoms with Crippen LogP contribution in [0.3, 0.4) is 0 Å². The SMILES string of the molecule is COC(=O)C(C)S(=O)(=O)NCCCCCCO. The molecule has 0 aliphatic carbocycles. The van der Waals surface area contributed by atoms with Gasteiger partial charge in [0, 0.05) is 13.2 Å². The summed E-state index contributed by atoms with van der Waals surface area (Å²) in [6.45, 7) is 1.75. The Morgan fingerprint density at radius 1 is 1.29 bits per heavy atom. The van der Waals surface area contributed by atoms with E-state index in [4.69, 9.17) is 5.11 Å². The van der Waals surface area contributed by atoms with Gasteiger partial charge in [-0.05, 0) is 19.8 Å². The molecule has 1 atom stereocenters. The second-order valence-electron chi connectivity index (χ2n) is 3.74. The van der Waals surface area contributed by atoms with Crippen LogP contribution in [0, 0.1) is 0 Å². The third-order valence-electron chi connectivity index (χ3n) is 2.39. The number of esters is 1. The molecule has 0 spiro atoms. The van der Waals surface area contributed by atoms with Gasteiger partial charge in [-0.15, -0.1) is 0 Å². The molecule has 102 valence electrons. The highest BCUT2D eigenvalue weighted by Crippen LogP contribution is 2.02.